The van der Waals surface area contributed by atoms with Crippen molar-refractivity contribution in [3.05, 3.63) is 70.2 Å². The second-order valence-corrected chi connectivity index (χ2v) is 6.80. The molecule has 0 radical (unpaired) electrons. The average Bonchev–Trinajstić information content (AvgIpc) is 2.64. The third kappa shape index (κ3) is 4.57. The number of phenols is 1. The summed E-state index contributed by atoms with van der Waals surface area (Å²) in [6.45, 7) is 1.67. The highest BCUT2D eigenvalue weighted by atomic mass is 79.9. The van der Waals surface area contributed by atoms with Gasteiger partial charge >= 0.3 is 0 Å². The van der Waals surface area contributed by atoms with E-state index in [0.29, 0.717) is 5.75 Å². The van der Waals surface area contributed by atoms with Crippen molar-refractivity contribution in [2.24, 2.45) is 0 Å². The molecule has 0 saturated heterocycles. The van der Waals surface area contributed by atoms with E-state index in [1.165, 1.54) is 6.07 Å². The summed E-state index contributed by atoms with van der Waals surface area (Å²) >= 11 is 3.36. The molecule has 0 aliphatic carbocycles. The Hall–Kier alpha value is -3.06. The van der Waals surface area contributed by atoms with Gasteiger partial charge in [0.1, 0.15) is 11.5 Å². The minimum Gasteiger partial charge on any atom is -0.507 e. The largest absolute Gasteiger partial charge is 0.507 e. The predicted molar refractivity (Wildman–Crippen MR) is 106 cm³/mol. The Kier molecular flexibility index (Phi) is 5.61. The van der Waals surface area contributed by atoms with E-state index >= 15 is 0 Å². The number of hydrogen-bond acceptors (Lipinski definition) is 4. The number of ether oxygens (including phenoxy) is 1. The molecule has 0 saturated carbocycles. The highest BCUT2D eigenvalue weighted by Crippen LogP contribution is 2.26. The Morgan fingerprint density at radius 1 is 1.04 bits per heavy atom. The lowest BCUT2D eigenvalue weighted by Gasteiger charge is -2.11. The van der Waals surface area contributed by atoms with E-state index in [1.54, 1.807) is 12.1 Å². The van der Waals surface area contributed by atoms with Crippen molar-refractivity contribution in [2.75, 3.05) is 6.61 Å². The molecule has 0 aliphatic rings. The lowest BCUT2D eigenvalue weighted by Crippen LogP contribution is -2.43. The minimum atomic E-state index is -0.622. The highest BCUT2D eigenvalue weighted by molar-refractivity contribution is 9.10. The van der Waals surface area contributed by atoms with E-state index in [-0.39, 0.29) is 17.9 Å². The molecule has 3 rings (SSSR count). The molecule has 0 unspecified atom stereocenters. The van der Waals surface area contributed by atoms with Gasteiger partial charge in [-0.1, -0.05) is 30.3 Å². The number of hydrogen-bond donors (Lipinski definition) is 3. The van der Waals surface area contributed by atoms with Crippen LogP contribution in [0.1, 0.15) is 15.9 Å². The van der Waals surface area contributed by atoms with Crippen molar-refractivity contribution in [3.8, 4) is 11.5 Å². The van der Waals surface area contributed by atoms with Gasteiger partial charge in [0.05, 0.1) is 10.0 Å². The van der Waals surface area contributed by atoms with Crippen molar-refractivity contribution < 1.29 is 19.4 Å². The molecule has 138 valence electrons. The molecule has 7 heteroatoms. The molecule has 0 aromatic heterocycles. The molecule has 0 atom stereocenters. The molecule has 0 aliphatic heterocycles. The third-order valence-electron chi connectivity index (χ3n) is 3.87. The van der Waals surface area contributed by atoms with Crippen molar-refractivity contribution >= 4 is 38.5 Å². The summed E-state index contributed by atoms with van der Waals surface area (Å²) in [4.78, 5) is 24.1. The van der Waals surface area contributed by atoms with Crippen molar-refractivity contribution in [2.45, 2.75) is 6.92 Å². The molecule has 3 aromatic rings. The van der Waals surface area contributed by atoms with Gasteiger partial charge in [0.25, 0.3) is 11.8 Å². The Morgan fingerprint density at radius 3 is 2.44 bits per heavy atom. The van der Waals surface area contributed by atoms with Gasteiger partial charge in [-0.2, -0.15) is 0 Å². The fourth-order valence-electron chi connectivity index (χ4n) is 2.51. The first-order valence-electron chi connectivity index (χ1n) is 8.14. The van der Waals surface area contributed by atoms with Crippen LogP contribution in [-0.2, 0) is 4.79 Å². The normalized spacial score (nSPS) is 10.4. The zero-order valence-electron chi connectivity index (χ0n) is 14.5. The van der Waals surface area contributed by atoms with Crippen LogP contribution in [0.2, 0.25) is 0 Å². The van der Waals surface area contributed by atoms with E-state index in [2.05, 4.69) is 26.8 Å². The van der Waals surface area contributed by atoms with Gasteiger partial charge in [0.15, 0.2) is 6.61 Å². The van der Waals surface area contributed by atoms with Crippen LogP contribution in [0.15, 0.2) is 59.1 Å². The van der Waals surface area contributed by atoms with Crippen LogP contribution < -0.4 is 15.6 Å². The van der Waals surface area contributed by atoms with Gasteiger partial charge in [-0.05, 0) is 63.5 Å². The number of nitrogens with one attached hydrogen (secondary N) is 2. The van der Waals surface area contributed by atoms with Crippen LogP contribution in [-0.4, -0.2) is 23.5 Å². The van der Waals surface area contributed by atoms with Crippen molar-refractivity contribution in [1.82, 2.24) is 10.9 Å². The molecule has 3 N–H and O–H groups in total. The smallest absolute Gasteiger partial charge is 0.276 e. The first-order chi connectivity index (χ1) is 12.9. The van der Waals surface area contributed by atoms with Crippen LogP contribution >= 0.6 is 15.9 Å². The monoisotopic (exact) mass is 428 g/mol. The minimum absolute atomic E-state index is 0.0659. The van der Waals surface area contributed by atoms with E-state index in [0.717, 1.165) is 20.8 Å². The molecular weight excluding hydrogens is 412 g/mol. The van der Waals surface area contributed by atoms with E-state index < -0.39 is 11.8 Å². The average molecular weight is 429 g/mol. The molecule has 27 heavy (non-hydrogen) atoms. The maximum Gasteiger partial charge on any atom is 0.276 e. The van der Waals surface area contributed by atoms with Gasteiger partial charge in [0.2, 0.25) is 0 Å². The van der Waals surface area contributed by atoms with Crippen LogP contribution in [0.4, 0.5) is 0 Å². The number of benzene rings is 3. The number of amides is 2. The van der Waals surface area contributed by atoms with Crippen LogP contribution in [0, 0.1) is 6.92 Å². The number of phenolic OH excluding ortho intramolecular Hbond substituents is 1. The quantitative estimate of drug-likeness (QED) is 0.555. The SMILES string of the molecule is Cc1ccc(OCC(=O)NNC(=O)c2cc3ccccc3cc2O)c(Br)c1. The van der Waals surface area contributed by atoms with E-state index in [9.17, 15) is 14.7 Å². The van der Waals surface area contributed by atoms with Gasteiger partial charge in [-0.3, -0.25) is 20.4 Å². The molecule has 0 heterocycles. The van der Waals surface area contributed by atoms with Crippen LogP contribution in [0.3, 0.4) is 0 Å². The summed E-state index contributed by atoms with van der Waals surface area (Å²) in [5.74, 6) is -0.797. The molecule has 0 spiro atoms. The molecular formula is C20H17BrN2O4. The zero-order valence-corrected chi connectivity index (χ0v) is 16.0. The Bertz CT molecular complexity index is 1020. The Labute approximate surface area is 164 Å². The standard InChI is InChI=1S/C20H17BrN2O4/c1-12-6-7-18(16(21)8-12)27-11-19(25)22-23-20(26)15-9-13-4-2-3-5-14(13)10-17(15)24/h2-10,24H,11H2,1H3,(H,22,25)(H,23,26). The van der Waals surface area contributed by atoms with E-state index in [1.807, 2.05) is 43.3 Å². The summed E-state index contributed by atoms with van der Waals surface area (Å²) in [6, 6.07) is 15.9. The fourth-order valence-corrected chi connectivity index (χ4v) is 3.11. The lowest BCUT2D eigenvalue weighted by atomic mass is 10.1. The number of aryl methyl sites for hydroxylation is 1. The second kappa shape index (κ2) is 8.09. The molecule has 0 fully saturated rings. The summed E-state index contributed by atoms with van der Waals surface area (Å²) in [7, 11) is 0. The number of hydrazine groups is 1. The first-order valence-corrected chi connectivity index (χ1v) is 8.93. The number of carbonyl (C=O) groups is 2. The van der Waals surface area contributed by atoms with Gasteiger partial charge in [-0.15, -0.1) is 0 Å². The van der Waals surface area contributed by atoms with Gasteiger partial charge in [0, 0.05) is 0 Å². The first kappa shape index (κ1) is 18.7. The Balaban J connectivity index is 1.58. The maximum atomic E-state index is 12.2. The molecule has 0 bridgehead atoms. The van der Waals surface area contributed by atoms with Crippen molar-refractivity contribution in [1.29, 1.82) is 0 Å². The number of aromatic hydroxyl groups is 1. The van der Waals surface area contributed by atoms with Gasteiger partial charge < -0.3 is 9.84 Å². The third-order valence-corrected chi connectivity index (χ3v) is 4.49. The second-order valence-electron chi connectivity index (χ2n) is 5.94. The highest BCUT2D eigenvalue weighted by Gasteiger charge is 2.14. The van der Waals surface area contributed by atoms with E-state index in [4.69, 9.17) is 4.74 Å². The number of carbonyl (C=O) groups excluding carboxylic acids is 2. The molecule has 6 nitrogen and oxygen atoms in total. The molecule has 3 aromatic carbocycles. The van der Waals surface area contributed by atoms with Crippen LogP contribution in [0.25, 0.3) is 10.8 Å². The fraction of sp³-hybridized carbons (Fsp3) is 0.100. The molecule has 2 amide bonds. The summed E-state index contributed by atoms with van der Waals surface area (Å²) in [5.41, 5.74) is 5.66. The summed E-state index contributed by atoms with van der Waals surface area (Å²) < 4.78 is 6.15. The van der Waals surface area contributed by atoms with Crippen molar-refractivity contribution in [3.63, 3.8) is 0 Å². The Morgan fingerprint density at radius 2 is 1.74 bits per heavy atom. The van der Waals surface area contributed by atoms with Gasteiger partial charge in [-0.25, -0.2) is 0 Å². The summed E-state index contributed by atoms with van der Waals surface area (Å²) in [5, 5.41) is 11.7. The van der Waals surface area contributed by atoms with Crippen LogP contribution in [0.5, 0.6) is 11.5 Å². The summed E-state index contributed by atoms with van der Waals surface area (Å²) in [6.07, 6.45) is 0. The number of rotatable bonds is 4. The number of halogens is 1. The zero-order chi connectivity index (χ0) is 19.4. The lowest BCUT2D eigenvalue weighted by molar-refractivity contribution is -0.123. The number of fused-ring (bicyclic) bond motifs is 1. The maximum absolute atomic E-state index is 12.2. The topological polar surface area (TPSA) is 87.7 Å². The predicted octanol–water partition coefficient (Wildman–Crippen LogP) is 3.46.